The Hall–Kier alpha value is -2.13. The van der Waals surface area contributed by atoms with E-state index in [-0.39, 0.29) is 19.4 Å². The maximum absolute atomic E-state index is 12.8. The van der Waals surface area contributed by atoms with Crippen molar-refractivity contribution in [1.82, 2.24) is 0 Å². The fraction of sp³-hybridized carbons (Fsp3) is 0.826. The first kappa shape index (κ1) is 54.9. The standard InChI is InChI=1S/C46H82O12S/c1-3-5-7-9-11-13-15-17-19-20-21-23-24-26-28-30-32-34-41(47)55-36-39(37-56-46-45(51)44(50)43(49)40(58-46)38-59(52,53)54)57-42(48)35-33-31-29-27-25-22-18-16-14-12-10-8-6-4-2/h16,18,21,23,26,28,39-40,43-46,49-51H,3-15,17,19-20,22,24-25,27,29-38H2,1-2H3,(H,52,53,54)/b18-16+,23-21+,28-26+/t39-,40-,43-,44?,45?,46+/m1/s1. The van der Waals surface area contributed by atoms with Crippen LogP contribution >= 0.6 is 0 Å². The van der Waals surface area contributed by atoms with Crippen LogP contribution in [0.4, 0.5) is 0 Å². The molecule has 0 spiro atoms. The Kier molecular flexibility index (Phi) is 34.0. The fourth-order valence-corrected chi connectivity index (χ4v) is 7.52. The topological polar surface area (TPSA) is 186 Å². The van der Waals surface area contributed by atoms with E-state index in [1.807, 2.05) is 6.08 Å². The first-order valence-corrected chi connectivity index (χ1v) is 24.7. The van der Waals surface area contributed by atoms with Gasteiger partial charge in [0.25, 0.3) is 10.1 Å². The van der Waals surface area contributed by atoms with Crippen molar-refractivity contribution in [3.05, 3.63) is 36.5 Å². The molecule has 0 aromatic rings. The van der Waals surface area contributed by atoms with Crippen molar-refractivity contribution in [2.24, 2.45) is 0 Å². The van der Waals surface area contributed by atoms with Crippen LogP contribution in [0, 0.1) is 0 Å². The lowest BCUT2D eigenvalue weighted by Crippen LogP contribution is -2.60. The number of aliphatic hydroxyl groups excluding tert-OH is 3. The zero-order valence-electron chi connectivity index (χ0n) is 36.6. The molecular formula is C46H82O12S. The predicted molar refractivity (Wildman–Crippen MR) is 233 cm³/mol. The quantitative estimate of drug-likeness (QED) is 0.0200. The highest BCUT2D eigenvalue weighted by atomic mass is 32.2. The number of hydrogen-bond donors (Lipinski definition) is 4. The van der Waals surface area contributed by atoms with E-state index in [2.05, 4.69) is 44.2 Å². The molecule has 1 rings (SSSR count). The first-order valence-electron chi connectivity index (χ1n) is 23.0. The van der Waals surface area contributed by atoms with Gasteiger partial charge in [-0.2, -0.15) is 8.42 Å². The average Bonchev–Trinajstić information content (AvgIpc) is 3.20. The third-order valence-electron chi connectivity index (χ3n) is 10.4. The van der Waals surface area contributed by atoms with Crippen molar-refractivity contribution in [2.45, 2.75) is 224 Å². The van der Waals surface area contributed by atoms with E-state index in [4.69, 9.17) is 18.9 Å². The van der Waals surface area contributed by atoms with Crippen LogP contribution in [0.2, 0.25) is 0 Å². The molecule has 2 unspecified atom stereocenters. The Morgan fingerprint density at radius 1 is 0.576 bits per heavy atom. The lowest BCUT2D eigenvalue weighted by molar-refractivity contribution is -0.297. The summed E-state index contributed by atoms with van der Waals surface area (Å²) in [6, 6.07) is 0. The van der Waals surface area contributed by atoms with E-state index in [0.29, 0.717) is 19.3 Å². The number of ether oxygens (including phenoxy) is 4. The molecule has 1 heterocycles. The van der Waals surface area contributed by atoms with Crippen LogP contribution in [0.5, 0.6) is 0 Å². The summed E-state index contributed by atoms with van der Waals surface area (Å²) in [7, 11) is -4.61. The molecule has 0 aromatic carbocycles. The molecular weight excluding hydrogens is 777 g/mol. The predicted octanol–water partition coefficient (Wildman–Crippen LogP) is 9.39. The summed E-state index contributed by atoms with van der Waals surface area (Å²) >= 11 is 0. The van der Waals surface area contributed by atoms with E-state index in [0.717, 1.165) is 51.4 Å². The SMILES string of the molecule is CCCCCCC/C=C/CCCCCCCC(=O)O[C@H](COC(=O)CCC/C=C/C/C=C/CCCCCCCCCCC)CO[C@H]1O[C@H](CS(=O)(=O)O)[C@@H](O)C(O)C1O. The second-order valence-corrected chi connectivity index (χ2v) is 17.6. The van der Waals surface area contributed by atoms with Gasteiger partial charge < -0.3 is 34.3 Å². The normalized spacial score (nSPS) is 20.5. The van der Waals surface area contributed by atoms with E-state index >= 15 is 0 Å². The third kappa shape index (κ3) is 31.4. The van der Waals surface area contributed by atoms with Gasteiger partial charge in [-0.15, -0.1) is 0 Å². The second-order valence-electron chi connectivity index (χ2n) is 16.1. The molecule has 12 nitrogen and oxygen atoms in total. The van der Waals surface area contributed by atoms with Gasteiger partial charge in [0, 0.05) is 12.8 Å². The zero-order valence-corrected chi connectivity index (χ0v) is 37.4. The molecule has 59 heavy (non-hydrogen) atoms. The van der Waals surface area contributed by atoms with Crippen LogP contribution in [-0.2, 0) is 38.7 Å². The molecule has 6 atom stereocenters. The molecule has 0 amide bonds. The van der Waals surface area contributed by atoms with Gasteiger partial charge in [-0.05, 0) is 64.2 Å². The largest absolute Gasteiger partial charge is 0.462 e. The molecule has 0 saturated carbocycles. The zero-order chi connectivity index (χ0) is 43.4. The van der Waals surface area contributed by atoms with Gasteiger partial charge in [-0.1, -0.05) is 147 Å². The number of esters is 2. The number of rotatable bonds is 38. The molecule has 0 aliphatic carbocycles. The van der Waals surface area contributed by atoms with Crippen LogP contribution in [0.3, 0.4) is 0 Å². The minimum Gasteiger partial charge on any atom is -0.462 e. The first-order chi connectivity index (χ1) is 28.5. The molecule has 4 N–H and O–H groups in total. The van der Waals surface area contributed by atoms with Gasteiger partial charge >= 0.3 is 11.9 Å². The van der Waals surface area contributed by atoms with Crippen molar-refractivity contribution in [2.75, 3.05) is 19.0 Å². The van der Waals surface area contributed by atoms with Crippen molar-refractivity contribution >= 4 is 22.1 Å². The van der Waals surface area contributed by atoms with Gasteiger partial charge in [0.15, 0.2) is 12.4 Å². The highest BCUT2D eigenvalue weighted by Crippen LogP contribution is 2.24. The summed E-state index contributed by atoms with van der Waals surface area (Å²) in [6.07, 6.45) is 32.0. The smallest absolute Gasteiger partial charge is 0.306 e. The number of carbonyl (C=O) groups excluding carboxylic acids is 2. The van der Waals surface area contributed by atoms with Crippen LogP contribution in [0.1, 0.15) is 187 Å². The number of carbonyl (C=O) groups is 2. The van der Waals surface area contributed by atoms with E-state index < -0.39 is 71.2 Å². The van der Waals surface area contributed by atoms with Crippen molar-refractivity contribution in [3.63, 3.8) is 0 Å². The van der Waals surface area contributed by atoms with Gasteiger partial charge in [0.2, 0.25) is 0 Å². The summed E-state index contributed by atoms with van der Waals surface area (Å²) < 4.78 is 54.0. The van der Waals surface area contributed by atoms with Crippen LogP contribution in [0.25, 0.3) is 0 Å². The summed E-state index contributed by atoms with van der Waals surface area (Å²) in [5, 5.41) is 30.9. The molecule has 0 bridgehead atoms. The maximum atomic E-state index is 12.8. The molecule has 0 radical (unpaired) electrons. The highest BCUT2D eigenvalue weighted by molar-refractivity contribution is 7.85. The number of unbranched alkanes of at least 4 members (excludes halogenated alkanes) is 20. The van der Waals surface area contributed by atoms with Gasteiger partial charge in [-0.25, -0.2) is 0 Å². The lowest BCUT2D eigenvalue weighted by atomic mass is 10.00. The average molecular weight is 859 g/mol. The number of aliphatic hydroxyl groups is 3. The summed E-state index contributed by atoms with van der Waals surface area (Å²) in [5.41, 5.74) is 0. The van der Waals surface area contributed by atoms with Crippen LogP contribution in [0.15, 0.2) is 36.5 Å². The Balaban J connectivity index is 2.47. The van der Waals surface area contributed by atoms with Crippen LogP contribution < -0.4 is 0 Å². The third-order valence-corrected chi connectivity index (χ3v) is 11.2. The van der Waals surface area contributed by atoms with Crippen LogP contribution in [-0.4, -0.2) is 96.0 Å². The van der Waals surface area contributed by atoms with Crippen molar-refractivity contribution in [3.8, 4) is 0 Å². The molecule has 1 fully saturated rings. The fourth-order valence-electron chi connectivity index (χ4n) is 6.83. The summed E-state index contributed by atoms with van der Waals surface area (Å²) in [6.45, 7) is 3.71. The molecule has 13 heteroatoms. The number of allylic oxidation sites excluding steroid dienone is 6. The minimum absolute atomic E-state index is 0.146. The molecule has 1 aliphatic rings. The number of hydrogen-bond acceptors (Lipinski definition) is 11. The van der Waals surface area contributed by atoms with Crippen molar-refractivity contribution in [1.29, 1.82) is 0 Å². The Bertz CT molecular complexity index is 1240. The summed E-state index contributed by atoms with van der Waals surface area (Å²) in [4.78, 5) is 25.4. The minimum atomic E-state index is -4.61. The monoisotopic (exact) mass is 859 g/mol. The summed E-state index contributed by atoms with van der Waals surface area (Å²) in [5.74, 6) is -2.05. The molecule has 1 aliphatic heterocycles. The molecule has 344 valence electrons. The van der Waals surface area contributed by atoms with Gasteiger partial charge in [-0.3, -0.25) is 14.1 Å². The second kappa shape index (κ2) is 36.5. The maximum Gasteiger partial charge on any atom is 0.306 e. The lowest BCUT2D eigenvalue weighted by Gasteiger charge is -2.40. The van der Waals surface area contributed by atoms with E-state index in [1.54, 1.807) is 0 Å². The molecule has 0 aromatic heterocycles. The van der Waals surface area contributed by atoms with E-state index in [1.165, 1.54) is 89.9 Å². The van der Waals surface area contributed by atoms with Crippen molar-refractivity contribution < 1.29 is 56.8 Å². The molecule has 1 saturated heterocycles. The Morgan fingerprint density at radius 2 is 1.03 bits per heavy atom. The van der Waals surface area contributed by atoms with Gasteiger partial charge in [0.1, 0.15) is 36.8 Å². The highest BCUT2D eigenvalue weighted by Gasteiger charge is 2.46. The Labute approximate surface area is 357 Å². The Morgan fingerprint density at radius 3 is 1.56 bits per heavy atom. The van der Waals surface area contributed by atoms with E-state index in [9.17, 15) is 37.9 Å². The van der Waals surface area contributed by atoms with Gasteiger partial charge in [0.05, 0.1) is 6.61 Å².